The molecule has 0 unspecified atom stereocenters. The summed E-state index contributed by atoms with van der Waals surface area (Å²) in [6.45, 7) is 5.94. The zero-order valence-electron chi connectivity index (χ0n) is 17.4. The molecule has 0 aliphatic carbocycles. The van der Waals surface area contributed by atoms with Gasteiger partial charge in [0.25, 0.3) is 5.89 Å². The third kappa shape index (κ3) is 4.57. The van der Waals surface area contributed by atoms with Crippen LogP contribution in [0.15, 0.2) is 65.7 Å². The summed E-state index contributed by atoms with van der Waals surface area (Å²) in [5.41, 5.74) is 5.66. The van der Waals surface area contributed by atoms with Crippen molar-refractivity contribution in [3.05, 3.63) is 77.6 Å². The standard InChI is InChI=1S/C23H21ClN6O/c1-14-21(22-28-29-23(31-22)26-19-11-9-18(24)10-12-19)27-20(13-25-14)17-7-5-16(6-8-17)15(2)30(3)4/h5-13H,2H2,1,3-4H3,(H,26,29). The maximum absolute atomic E-state index is 5.92. The topological polar surface area (TPSA) is 80.0 Å². The van der Waals surface area contributed by atoms with Crippen LogP contribution < -0.4 is 5.32 Å². The lowest BCUT2D eigenvalue weighted by atomic mass is 10.1. The average Bonchev–Trinajstić information content (AvgIpc) is 3.23. The average molecular weight is 433 g/mol. The summed E-state index contributed by atoms with van der Waals surface area (Å²) in [4.78, 5) is 11.2. The van der Waals surface area contributed by atoms with Crippen LogP contribution in [0.2, 0.25) is 5.02 Å². The van der Waals surface area contributed by atoms with Gasteiger partial charge in [0.15, 0.2) is 0 Å². The first-order chi connectivity index (χ1) is 14.9. The maximum Gasteiger partial charge on any atom is 0.320 e. The van der Waals surface area contributed by atoms with E-state index in [1.54, 1.807) is 18.3 Å². The lowest BCUT2D eigenvalue weighted by molar-refractivity contribution is 0.584. The van der Waals surface area contributed by atoms with Crippen LogP contribution in [0.4, 0.5) is 11.7 Å². The summed E-state index contributed by atoms with van der Waals surface area (Å²) >= 11 is 5.92. The monoisotopic (exact) mass is 432 g/mol. The van der Waals surface area contributed by atoms with Gasteiger partial charge in [0.2, 0.25) is 0 Å². The predicted octanol–water partition coefficient (Wildman–Crippen LogP) is 5.43. The molecule has 2 aromatic carbocycles. The van der Waals surface area contributed by atoms with Crippen molar-refractivity contribution in [2.45, 2.75) is 6.92 Å². The Morgan fingerprint density at radius 2 is 1.74 bits per heavy atom. The molecule has 7 nitrogen and oxygen atoms in total. The minimum atomic E-state index is 0.260. The van der Waals surface area contributed by atoms with E-state index in [9.17, 15) is 0 Å². The van der Waals surface area contributed by atoms with Crippen molar-refractivity contribution in [3.63, 3.8) is 0 Å². The maximum atomic E-state index is 5.92. The van der Waals surface area contributed by atoms with Gasteiger partial charge in [0.05, 0.1) is 17.6 Å². The molecule has 0 radical (unpaired) electrons. The Kier molecular flexibility index (Phi) is 5.68. The lowest BCUT2D eigenvalue weighted by Crippen LogP contribution is -2.08. The molecule has 0 bridgehead atoms. The predicted molar refractivity (Wildman–Crippen MR) is 123 cm³/mol. The first kappa shape index (κ1) is 20.6. The fourth-order valence-electron chi connectivity index (χ4n) is 2.91. The molecular weight excluding hydrogens is 412 g/mol. The van der Waals surface area contributed by atoms with Gasteiger partial charge in [-0.05, 0) is 36.8 Å². The van der Waals surface area contributed by atoms with E-state index in [1.165, 1.54) is 0 Å². The van der Waals surface area contributed by atoms with E-state index in [-0.39, 0.29) is 6.01 Å². The van der Waals surface area contributed by atoms with Crippen LogP contribution >= 0.6 is 11.6 Å². The van der Waals surface area contributed by atoms with Crippen molar-refractivity contribution in [3.8, 4) is 22.8 Å². The lowest BCUT2D eigenvalue weighted by Gasteiger charge is -2.16. The molecule has 0 fully saturated rings. The highest BCUT2D eigenvalue weighted by Crippen LogP contribution is 2.27. The number of anilines is 2. The Morgan fingerprint density at radius 3 is 2.42 bits per heavy atom. The molecule has 31 heavy (non-hydrogen) atoms. The quantitative estimate of drug-likeness (QED) is 0.435. The van der Waals surface area contributed by atoms with E-state index in [0.717, 1.165) is 22.5 Å². The zero-order chi connectivity index (χ0) is 22.0. The van der Waals surface area contributed by atoms with Crippen LogP contribution in [0.3, 0.4) is 0 Å². The summed E-state index contributed by atoms with van der Waals surface area (Å²) in [7, 11) is 3.93. The third-order valence-electron chi connectivity index (χ3n) is 4.73. The number of aromatic nitrogens is 4. The molecule has 0 saturated heterocycles. The smallest absolute Gasteiger partial charge is 0.320 e. The molecule has 0 aliphatic heterocycles. The zero-order valence-corrected chi connectivity index (χ0v) is 18.2. The molecule has 0 aliphatic rings. The van der Waals surface area contributed by atoms with Crippen LogP contribution in [0, 0.1) is 6.92 Å². The van der Waals surface area contributed by atoms with Crippen molar-refractivity contribution in [1.82, 2.24) is 25.1 Å². The number of nitrogens with one attached hydrogen (secondary N) is 1. The van der Waals surface area contributed by atoms with E-state index in [4.69, 9.17) is 21.0 Å². The highest BCUT2D eigenvalue weighted by molar-refractivity contribution is 6.30. The van der Waals surface area contributed by atoms with Gasteiger partial charge >= 0.3 is 6.01 Å². The van der Waals surface area contributed by atoms with Gasteiger partial charge in [-0.2, -0.15) is 0 Å². The molecule has 2 heterocycles. The molecule has 0 atom stereocenters. The molecular formula is C23H21ClN6O. The molecule has 8 heteroatoms. The Hall–Kier alpha value is -3.71. The minimum Gasteiger partial charge on any atom is -0.401 e. The van der Waals surface area contributed by atoms with E-state index in [2.05, 4.69) is 27.1 Å². The van der Waals surface area contributed by atoms with Crippen molar-refractivity contribution in [2.24, 2.45) is 0 Å². The molecule has 2 aromatic heterocycles. The van der Waals surface area contributed by atoms with Gasteiger partial charge in [0, 0.05) is 36.1 Å². The van der Waals surface area contributed by atoms with Crippen molar-refractivity contribution < 1.29 is 4.42 Å². The van der Waals surface area contributed by atoms with Crippen molar-refractivity contribution in [1.29, 1.82) is 0 Å². The van der Waals surface area contributed by atoms with Crippen LogP contribution in [0.5, 0.6) is 0 Å². The van der Waals surface area contributed by atoms with Crippen LogP contribution in [-0.4, -0.2) is 39.2 Å². The fraction of sp³-hybridized carbons (Fsp3) is 0.130. The summed E-state index contributed by atoms with van der Waals surface area (Å²) in [6.07, 6.45) is 1.73. The highest BCUT2D eigenvalue weighted by Gasteiger charge is 2.15. The third-order valence-corrected chi connectivity index (χ3v) is 4.98. The summed E-state index contributed by atoms with van der Waals surface area (Å²) in [5.74, 6) is 0.293. The van der Waals surface area contributed by atoms with E-state index in [0.29, 0.717) is 28.0 Å². The second-order valence-electron chi connectivity index (χ2n) is 7.15. The van der Waals surface area contributed by atoms with Gasteiger partial charge in [0.1, 0.15) is 5.69 Å². The number of hydrogen-bond donors (Lipinski definition) is 1. The number of aryl methyl sites for hydroxylation is 1. The number of hydrogen-bond acceptors (Lipinski definition) is 7. The normalized spacial score (nSPS) is 10.7. The summed E-state index contributed by atoms with van der Waals surface area (Å²) < 4.78 is 5.77. The molecule has 156 valence electrons. The van der Waals surface area contributed by atoms with Gasteiger partial charge in [-0.15, -0.1) is 5.10 Å². The summed E-state index contributed by atoms with van der Waals surface area (Å²) in [5, 5.41) is 11.9. The Balaban J connectivity index is 1.59. The first-order valence-corrected chi connectivity index (χ1v) is 9.95. The number of nitrogens with zero attached hydrogens (tertiary/aromatic N) is 5. The van der Waals surface area contributed by atoms with Gasteiger partial charge in [-0.25, -0.2) is 4.98 Å². The second-order valence-corrected chi connectivity index (χ2v) is 7.59. The number of benzene rings is 2. The van der Waals surface area contributed by atoms with Crippen molar-refractivity contribution >= 4 is 29.0 Å². The van der Waals surface area contributed by atoms with Gasteiger partial charge < -0.3 is 14.6 Å². The minimum absolute atomic E-state index is 0.260. The number of rotatable bonds is 6. The van der Waals surface area contributed by atoms with E-state index >= 15 is 0 Å². The molecule has 0 saturated carbocycles. The molecule has 1 N–H and O–H groups in total. The van der Waals surface area contributed by atoms with Crippen LogP contribution in [-0.2, 0) is 0 Å². The molecule has 4 rings (SSSR count). The summed E-state index contributed by atoms with van der Waals surface area (Å²) in [6, 6.07) is 15.5. The van der Waals surface area contributed by atoms with Crippen molar-refractivity contribution in [2.75, 3.05) is 19.4 Å². The second kappa shape index (κ2) is 8.57. The van der Waals surface area contributed by atoms with Gasteiger partial charge in [-0.1, -0.05) is 47.5 Å². The van der Waals surface area contributed by atoms with Gasteiger partial charge in [-0.3, -0.25) is 4.98 Å². The molecule has 0 spiro atoms. The van der Waals surface area contributed by atoms with Crippen LogP contribution in [0.1, 0.15) is 11.3 Å². The van der Waals surface area contributed by atoms with Crippen LogP contribution in [0.25, 0.3) is 28.5 Å². The first-order valence-electron chi connectivity index (χ1n) is 9.58. The SMILES string of the molecule is C=C(c1ccc(-c2cnc(C)c(-c3nnc(Nc4ccc(Cl)cc4)o3)n2)cc1)N(C)C. The Labute approximate surface area is 185 Å². The highest BCUT2D eigenvalue weighted by atomic mass is 35.5. The number of halogens is 1. The largest absolute Gasteiger partial charge is 0.401 e. The molecule has 4 aromatic rings. The fourth-order valence-corrected chi connectivity index (χ4v) is 3.03. The Morgan fingerprint density at radius 1 is 1.03 bits per heavy atom. The Bertz CT molecular complexity index is 1220. The van der Waals surface area contributed by atoms with E-state index < -0.39 is 0 Å². The molecule has 0 amide bonds. The van der Waals surface area contributed by atoms with E-state index in [1.807, 2.05) is 62.3 Å².